The summed E-state index contributed by atoms with van der Waals surface area (Å²) in [6.45, 7) is 0.0392. The van der Waals surface area contributed by atoms with Crippen molar-refractivity contribution >= 4 is 11.8 Å². The standard InChI is InChI=1S/C11H15F3N2OS/c1-15-9(7-17)4-5-18-10-3-2-8(6-16-10)11(12,13)14/h2-3,6,9,15,17H,4-5,7H2,1H3. The van der Waals surface area contributed by atoms with Gasteiger partial charge in [0.05, 0.1) is 17.2 Å². The van der Waals surface area contributed by atoms with Crippen molar-refractivity contribution in [2.24, 2.45) is 0 Å². The van der Waals surface area contributed by atoms with Crippen LogP contribution in [0, 0.1) is 0 Å². The second-order valence-corrected chi connectivity index (χ2v) is 4.80. The minimum absolute atomic E-state index is 0.00643. The maximum absolute atomic E-state index is 12.3. The number of aliphatic hydroxyl groups is 1. The average Bonchev–Trinajstić information content (AvgIpc) is 2.34. The van der Waals surface area contributed by atoms with Crippen molar-refractivity contribution in [1.29, 1.82) is 0 Å². The Balaban J connectivity index is 2.45. The van der Waals surface area contributed by atoms with Gasteiger partial charge in [-0.15, -0.1) is 11.8 Å². The minimum atomic E-state index is -4.34. The van der Waals surface area contributed by atoms with Gasteiger partial charge in [-0.3, -0.25) is 0 Å². The van der Waals surface area contributed by atoms with Gasteiger partial charge in [0.15, 0.2) is 0 Å². The predicted octanol–water partition coefficient (Wildman–Crippen LogP) is 2.16. The van der Waals surface area contributed by atoms with Gasteiger partial charge >= 0.3 is 6.18 Å². The molecule has 1 atom stereocenters. The molecule has 102 valence electrons. The second-order valence-electron chi connectivity index (χ2n) is 3.69. The van der Waals surface area contributed by atoms with Gasteiger partial charge in [0.1, 0.15) is 0 Å². The Morgan fingerprint density at radius 3 is 2.61 bits per heavy atom. The first-order chi connectivity index (χ1) is 8.47. The van der Waals surface area contributed by atoms with Gasteiger partial charge in [-0.1, -0.05) is 0 Å². The van der Waals surface area contributed by atoms with E-state index in [2.05, 4.69) is 10.3 Å². The molecule has 0 aliphatic rings. The lowest BCUT2D eigenvalue weighted by atomic mass is 10.2. The van der Waals surface area contributed by atoms with Crippen molar-refractivity contribution in [2.45, 2.75) is 23.7 Å². The zero-order valence-electron chi connectivity index (χ0n) is 9.87. The lowest BCUT2D eigenvalue weighted by molar-refractivity contribution is -0.137. The number of pyridine rings is 1. The SMILES string of the molecule is CNC(CO)CCSc1ccc(C(F)(F)F)cn1. The largest absolute Gasteiger partial charge is 0.417 e. The summed E-state index contributed by atoms with van der Waals surface area (Å²) in [5, 5.41) is 12.4. The molecule has 0 aromatic carbocycles. The van der Waals surface area contributed by atoms with Gasteiger partial charge in [0.2, 0.25) is 0 Å². The molecular formula is C11H15F3N2OS. The van der Waals surface area contributed by atoms with Crippen LogP contribution < -0.4 is 5.32 Å². The number of rotatable bonds is 6. The number of aliphatic hydroxyl groups excluding tert-OH is 1. The third-order valence-electron chi connectivity index (χ3n) is 2.41. The number of alkyl halides is 3. The van der Waals surface area contributed by atoms with E-state index in [0.29, 0.717) is 10.8 Å². The van der Waals surface area contributed by atoms with Crippen LogP contribution in [0.3, 0.4) is 0 Å². The van der Waals surface area contributed by atoms with E-state index in [9.17, 15) is 13.2 Å². The Hall–Kier alpha value is -0.790. The van der Waals surface area contributed by atoms with E-state index < -0.39 is 11.7 Å². The van der Waals surface area contributed by atoms with Crippen LogP contribution in [0.2, 0.25) is 0 Å². The van der Waals surface area contributed by atoms with E-state index in [4.69, 9.17) is 5.11 Å². The molecule has 1 unspecified atom stereocenters. The second kappa shape index (κ2) is 6.96. The van der Waals surface area contributed by atoms with E-state index in [1.165, 1.54) is 17.8 Å². The Bertz CT molecular complexity index is 352. The van der Waals surface area contributed by atoms with Gasteiger partial charge in [-0.25, -0.2) is 4.98 Å². The highest BCUT2D eigenvalue weighted by Crippen LogP contribution is 2.29. The summed E-state index contributed by atoms with van der Waals surface area (Å²) in [4.78, 5) is 3.75. The first-order valence-electron chi connectivity index (χ1n) is 5.41. The fourth-order valence-corrected chi connectivity index (χ4v) is 2.17. The predicted molar refractivity (Wildman–Crippen MR) is 64.5 cm³/mol. The highest BCUT2D eigenvalue weighted by molar-refractivity contribution is 7.99. The molecule has 18 heavy (non-hydrogen) atoms. The molecule has 1 aromatic heterocycles. The van der Waals surface area contributed by atoms with Crippen molar-refractivity contribution in [1.82, 2.24) is 10.3 Å². The van der Waals surface area contributed by atoms with Gasteiger partial charge in [-0.05, 0) is 25.6 Å². The van der Waals surface area contributed by atoms with Crippen LogP contribution in [0.1, 0.15) is 12.0 Å². The highest BCUT2D eigenvalue weighted by atomic mass is 32.2. The Labute approximate surface area is 108 Å². The zero-order chi connectivity index (χ0) is 13.6. The Kier molecular flexibility index (Phi) is 5.90. The third-order valence-corrected chi connectivity index (χ3v) is 3.39. The van der Waals surface area contributed by atoms with Crippen molar-refractivity contribution in [2.75, 3.05) is 19.4 Å². The molecule has 1 rings (SSSR count). The maximum atomic E-state index is 12.3. The van der Waals surface area contributed by atoms with Crippen LogP contribution in [-0.2, 0) is 6.18 Å². The van der Waals surface area contributed by atoms with Crippen LogP contribution >= 0.6 is 11.8 Å². The molecule has 0 saturated carbocycles. The molecule has 7 heteroatoms. The molecular weight excluding hydrogens is 265 g/mol. The minimum Gasteiger partial charge on any atom is -0.395 e. The lowest BCUT2D eigenvalue weighted by Crippen LogP contribution is -2.29. The van der Waals surface area contributed by atoms with Crippen molar-refractivity contribution in [3.8, 4) is 0 Å². The monoisotopic (exact) mass is 280 g/mol. The number of thioether (sulfide) groups is 1. The summed E-state index contributed by atoms with van der Waals surface area (Å²) in [7, 11) is 1.75. The van der Waals surface area contributed by atoms with Crippen molar-refractivity contribution < 1.29 is 18.3 Å². The zero-order valence-corrected chi connectivity index (χ0v) is 10.7. The average molecular weight is 280 g/mol. The lowest BCUT2D eigenvalue weighted by Gasteiger charge is -2.12. The quantitative estimate of drug-likeness (QED) is 0.784. The molecule has 2 N–H and O–H groups in total. The number of halogens is 3. The highest BCUT2D eigenvalue weighted by Gasteiger charge is 2.30. The molecule has 0 radical (unpaired) electrons. The topological polar surface area (TPSA) is 45.1 Å². The van der Waals surface area contributed by atoms with E-state index in [-0.39, 0.29) is 12.6 Å². The summed E-state index contributed by atoms with van der Waals surface area (Å²) in [6, 6.07) is 2.39. The number of hydrogen-bond donors (Lipinski definition) is 2. The molecule has 0 bridgehead atoms. The van der Waals surface area contributed by atoms with Crippen molar-refractivity contribution in [3.05, 3.63) is 23.9 Å². The van der Waals surface area contributed by atoms with Gasteiger partial charge in [0, 0.05) is 18.0 Å². The molecule has 0 fully saturated rings. The van der Waals surface area contributed by atoms with Gasteiger partial charge in [0.25, 0.3) is 0 Å². The van der Waals surface area contributed by atoms with Crippen LogP contribution in [-0.4, -0.2) is 35.5 Å². The van der Waals surface area contributed by atoms with E-state index >= 15 is 0 Å². The molecule has 0 spiro atoms. The first kappa shape index (κ1) is 15.3. The first-order valence-corrected chi connectivity index (χ1v) is 6.40. The van der Waals surface area contributed by atoms with Crippen molar-refractivity contribution in [3.63, 3.8) is 0 Å². The summed E-state index contributed by atoms with van der Waals surface area (Å²) >= 11 is 1.37. The van der Waals surface area contributed by atoms with Crippen LogP contribution in [0.5, 0.6) is 0 Å². The summed E-state index contributed by atoms with van der Waals surface area (Å²) in [5.74, 6) is 0.685. The van der Waals surface area contributed by atoms with Crippen LogP contribution in [0.4, 0.5) is 13.2 Å². The number of likely N-dealkylation sites (N-methyl/N-ethyl adjacent to an activating group) is 1. The van der Waals surface area contributed by atoms with Crippen LogP contribution in [0.25, 0.3) is 0 Å². The smallest absolute Gasteiger partial charge is 0.395 e. The molecule has 3 nitrogen and oxygen atoms in total. The fourth-order valence-electron chi connectivity index (χ4n) is 1.27. The number of nitrogens with one attached hydrogen (secondary N) is 1. The number of aromatic nitrogens is 1. The molecule has 0 amide bonds. The maximum Gasteiger partial charge on any atom is 0.417 e. The van der Waals surface area contributed by atoms with Crippen LogP contribution in [0.15, 0.2) is 23.4 Å². The summed E-state index contributed by atoms with van der Waals surface area (Å²) < 4.78 is 36.9. The fraction of sp³-hybridized carbons (Fsp3) is 0.545. The number of hydrogen-bond acceptors (Lipinski definition) is 4. The van der Waals surface area contributed by atoms with Gasteiger partial charge < -0.3 is 10.4 Å². The normalized spacial score (nSPS) is 13.6. The van der Waals surface area contributed by atoms with E-state index in [0.717, 1.165) is 18.7 Å². The molecule has 0 saturated heterocycles. The third kappa shape index (κ3) is 4.83. The van der Waals surface area contributed by atoms with E-state index in [1.807, 2.05) is 0 Å². The van der Waals surface area contributed by atoms with Gasteiger partial charge in [-0.2, -0.15) is 13.2 Å². The Morgan fingerprint density at radius 1 is 1.44 bits per heavy atom. The van der Waals surface area contributed by atoms with E-state index in [1.54, 1.807) is 7.05 Å². The summed E-state index contributed by atoms with van der Waals surface area (Å²) in [5.41, 5.74) is -0.740. The molecule has 1 heterocycles. The molecule has 1 aromatic rings. The summed E-state index contributed by atoms with van der Waals surface area (Å²) in [6.07, 6.45) is -2.78. The number of nitrogens with zero attached hydrogens (tertiary/aromatic N) is 1. The Morgan fingerprint density at radius 2 is 2.17 bits per heavy atom. The molecule has 0 aliphatic heterocycles. The molecule has 0 aliphatic carbocycles.